The number of carbonyl (C=O) groups is 1. The molecule has 346 valence electrons. The zero-order valence-corrected chi connectivity index (χ0v) is 41.5. The predicted octanol–water partition coefficient (Wildman–Crippen LogP) is 8.10. The molecule has 1 fully saturated rings. The Hall–Kier alpha value is -2.69. The number of nitrogen functional groups attached to an aromatic ring is 1. The maximum atomic E-state index is 13.6. The number of nitrogens with two attached hydrogens (primary N) is 1. The molecule has 2 heterocycles. The van der Waals surface area contributed by atoms with Crippen molar-refractivity contribution in [2.75, 3.05) is 32.0 Å². The van der Waals surface area contributed by atoms with E-state index >= 15 is 0 Å². The van der Waals surface area contributed by atoms with Crippen LogP contribution in [0.25, 0.3) is 0 Å². The van der Waals surface area contributed by atoms with Crippen molar-refractivity contribution in [3.05, 3.63) is 95.1 Å². The molecule has 3 aromatic rings. The largest absolute Gasteiger partial charge is 2.00 e. The van der Waals surface area contributed by atoms with Crippen LogP contribution in [0.15, 0.2) is 83.3 Å². The van der Waals surface area contributed by atoms with E-state index in [2.05, 4.69) is 45.2 Å². The van der Waals surface area contributed by atoms with Crippen LogP contribution in [-0.2, 0) is 41.4 Å². The van der Waals surface area contributed by atoms with Gasteiger partial charge in [-0.25, -0.2) is 17.8 Å². The number of carbonyl (C=O) groups excluding carboxylic acids is 1. The summed E-state index contributed by atoms with van der Waals surface area (Å²) in [5.74, 6) is 1.90. The number of rotatable bonds is 17. The number of aryl methyl sites for hydroxylation is 1. The Kier molecular flexibility index (Phi) is 19.9. The molecule has 5 atom stereocenters. The van der Waals surface area contributed by atoms with Crippen molar-refractivity contribution in [3.63, 3.8) is 0 Å². The molecule has 0 radical (unpaired) electrons. The summed E-state index contributed by atoms with van der Waals surface area (Å²) < 4.78 is 62.6. The van der Waals surface area contributed by atoms with Crippen LogP contribution in [0.4, 0.5) is 10.5 Å². The van der Waals surface area contributed by atoms with Crippen LogP contribution in [0.3, 0.4) is 0 Å². The van der Waals surface area contributed by atoms with Gasteiger partial charge in [0.1, 0.15) is 29.3 Å². The van der Waals surface area contributed by atoms with Crippen LogP contribution < -0.4 is 15.8 Å². The number of unbranched alkanes of at least 4 members (excludes halogenated alkanes) is 2. The summed E-state index contributed by atoms with van der Waals surface area (Å²) in [6.07, 6.45) is 7.12. The Morgan fingerprint density at radius 1 is 1.05 bits per heavy atom. The summed E-state index contributed by atoms with van der Waals surface area (Å²) in [7, 11) is -9.26. The van der Waals surface area contributed by atoms with Gasteiger partial charge in [0.05, 0.1) is 24.2 Å². The van der Waals surface area contributed by atoms with Crippen molar-refractivity contribution in [2.24, 2.45) is 11.8 Å². The quantitative estimate of drug-likeness (QED) is 0.0286. The van der Waals surface area contributed by atoms with E-state index in [0.717, 1.165) is 40.4 Å². The van der Waals surface area contributed by atoms with Gasteiger partial charge in [-0.1, -0.05) is 75.6 Å². The molecular weight excluding hydrogens is 874 g/mol. The van der Waals surface area contributed by atoms with Crippen molar-refractivity contribution in [1.29, 1.82) is 0 Å². The maximum absolute atomic E-state index is 13.6. The van der Waals surface area contributed by atoms with E-state index in [1.807, 2.05) is 19.9 Å². The normalized spacial score (nSPS) is 20.2. The number of ether oxygens (including phenoxy) is 3. The van der Waals surface area contributed by atoms with Gasteiger partial charge in [0.15, 0.2) is 0 Å². The molecule has 3 aromatic carbocycles. The number of aromatic hydroxyl groups is 1. The fraction of sp³-hybridized carbons (Fsp3) is 0.543. The summed E-state index contributed by atoms with van der Waals surface area (Å²) in [6.45, 7) is 12.7. The van der Waals surface area contributed by atoms with E-state index < -0.39 is 48.7 Å². The summed E-state index contributed by atoms with van der Waals surface area (Å²) in [6, 6.07) is 17.6. The molecule has 0 unspecified atom stereocenters. The number of hydrogen-bond acceptors (Lipinski definition) is 10. The second-order valence-electron chi connectivity index (χ2n) is 17.6. The minimum Gasteiger partial charge on any atom is -1.00 e. The molecule has 1 amide bonds. The fourth-order valence-electron chi connectivity index (χ4n) is 8.47. The first-order valence-corrected chi connectivity index (χ1v) is 24.6. The molecule has 63 heavy (non-hydrogen) atoms. The van der Waals surface area contributed by atoms with Crippen LogP contribution in [-0.4, -0.2) is 122 Å². The molecule has 3 aliphatic rings. The molecular formula is C46H68CaN3O11PS. The number of hydrogen-bond donors (Lipinski definition) is 5. The number of phosphoric ester groups is 1. The number of allylic oxidation sites excluding steroid dienone is 2. The number of phenolic OH excluding ortho intramolecular Hbond substituents is 1. The Labute approximate surface area is 406 Å². The van der Waals surface area contributed by atoms with Crippen LogP contribution in [0.2, 0.25) is 0 Å². The number of phosphoric acid groups is 1. The van der Waals surface area contributed by atoms with E-state index in [-0.39, 0.29) is 82.5 Å². The molecule has 0 spiro atoms. The van der Waals surface area contributed by atoms with Crippen molar-refractivity contribution in [1.82, 2.24) is 9.62 Å². The second kappa shape index (κ2) is 23.7. The third-order valence-corrected chi connectivity index (χ3v) is 13.9. The average molecular weight is 942 g/mol. The third-order valence-electron chi connectivity index (χ3n) is 11.6. The molecule has 2 aliphatic heterocycles. The monoisotopic (exact) mass is 941 g/mol. The van der Waals surface area contributed by atoms with Crippen LogP contribution in [0, 0.1) is 11.8 Å². The third kappa shape index (κ3) is 15.4. The molecule has 0 aromatic heterocycles. The van der Waals surface area contributed by atoms with Gasteiger partial charge in [-0.3, -0.25) is 4.52 Å². The number of nitrogens with zero attached hydrogens (tertiary/aromatic N) is 1. The van der Waals surface area contributed by atoms with Gasteiger partial charge in [-0.05, 0) is 106 Å². The number of fused-ring (bicyclic) bond motifs is 3. The van der Waals surface area contributed by atoms with Crippen molar-refractivity contribution < 1.29 is 54.3 Å². The molecule has 0 saturated carbocycles. The van der Waals surface area contributed by atoms with E-state index in [9.17, 15) is 32.7 Å². The molecule has 1 saturated heterocycles. The van der Waals surface area contributed by atoms with E-state index in [1.165, 1.54) is 54.7 Å². The van der Waals surface area contributed by atoms with E-state index in [1.54, 1.807) is 30.3 Å². The maximum Gasteiger partial charge on any atom is 2.00 e. The van der Waals surface area contributed by atoms with Gasteiger partial charge < -0.3 is 43.0 Å². The number of anilines is 1. The summed E-state index contributed by atoms with van der Waals surface area (Å²) in [5, 5.41) is 13.3. The standard InChI is InChI=1S/C25H36N3O9PS.C21H30O2.Ca.2H/c1-18(2)15-28(39(33,34)22-10-8-20(26)9-11-22)16-24(37-38(30,31)32)23(14-19-6-4-3-5-7-19)27-25(29)36-21-12-13-35-17-21;1-5-6-7-8-15-12-18(22)20-16-11-14(2)9-10-17(16)21(3,4)23-19(20)13-15;;;/h3-11,18,21,23-24H,12-17,26H2,1-2H3,(H,27,29)(H2,30,31,32);11-13,16-17,22H,5-10H2,1-4H3;;;/q;;+2;2*-1/t21-,23-,24+;16-,17-;;;/m01.../s1. The Morgan fingerprint density at radius 2 is 1.75 bits per heavy atom. The van der Waals surface area contributed by atoms with Gasteiger partial charge in [-0.15, -0.1) is 0 Å². The number of amides is 1. The average Bonchev–Trinajstić information content (AvgIpc) is 3.70. The van der Waals surface area contributed by atoms with Crippen LogP contribution in [0.1, 0.15) is 106 Å². The summed E-state index contributed by atoms with van der Waals surface area (Å²) in [4.78, 5) is 32.3. The molecule has 6 rings (SSSR count). The molecule has 6 N–H and O–H groups in total. The molecule has 1 aliphatic carbocycles. The molecule has 0 bridgehead atoms. The summed E-state index contributed by atoms with van der Waals surface area (Å²) in [5.41, 5.74) is 10.3. The first-order valence-electron chi connectivity index (χ1n) is 21.7. The molecule has 14 nitrogen and oxygen atoms in total. The van der Waals surface area contributed by atoms with Crippen LogP contribution >= 0.6 is 7.82 Å². The van der Waals surface area contributed by atoms with E-state index in [4.69, 9.17) is 24.5 Å². The Balaban J connectivity index is 0.000000478. The van der Waals surface area contributed by atoms with Gasteiger partial charge in [0.25, 0.3) is 0 Å². The smallest absolute Gasteiger partial charge is 1.00 e. The van der Waals surface area contributed by atoms with E-state index in [0.29, 0.717) is 30.4 Å². The fourth-order valence-corrected chi connectivity index (χ4v) is 10.6. The number of benzene rings is 3. The summed E-state index contributed by atoms with van der Waals surface area (Å²) >= 11 is 0. The van der Waals surface area contributed by atoms with Gasteiger partial charge >= 0.3 is 51.7 Å². The predicted molar refractivity (Wildman–Crippen MR) is 247 cm³/mol. The first kappa shape index (κ1) is 52.9. The second-order valence-corrected chi connectivity index (χ2v) is 20.8. The van der Waals surface area contributed by atoms with Gasteiger partial charge in [-0.2, -0.15) is 4.31 Å². The SMILES string of the molecule is CC(C)CN(C[C@@H](OP(=O)(O)O)[C@H](Cc1ccccc1)NC(=O)O[C@H]1CCOC1)S(=O)(=O)c1ccc(N)cc1.CCCCCc1cc(O)c2c(c1)OC(C)(C)[C@@H]1CCC(C)=C[C@@H]21.[Ca+2].[H-].[H-]. The van der Waals surface area contributed by atoms with Gasteiger partial charge in [0.2, 0.25) is 10.0 Å². The molecule has 17 heteroatoms. The number of phenols is 1. The van der Waals surface area contributed by atoms with Crippen molar-refractivity contribution in [3.8, 4) is 11.5 Å². The topological polar surface area (TPSA) is 207 Å². The number of sulfonamides is 1. The number of nitrogens with one attached hydrogen (secondary N) is 1. The number of alkyl carbamates (subject to hydrolysis) is 1. The zero-order chi connectivity index (χ0) is 45.2. The first-order chi connectivity index (χ1) is 29.3. The Bertz CT molecular complexity index is 2140. The minimum absolute atomic E-state index is 0. The van der Waals surface area contributed by atoms with Gasteiger partial charge in [0, 0.05) is 42.6 Å². The minimum atomic E-state index is -5.12. The zero-order valence-electron chi connectivity index (χ0n) is 39.6. The van der Waals surface area contributed by atoms with Crippen molar-refractivity contribution >= 4 is 67.4 Å². The van der Waals surface area contributed by atoms with Crippen molar-refractivity contribution in [2.45, 2.75) is 128 Å². The Morgan fingerprint density at radius 3 is 2.37 bits per heavy atom. The van der Waals surface area contributed by atoms with Crippen LogP contribution in [0.5, 0.6) is 11.5 Å².